The molecule has 1 aliphatic heterocycles. The topological polar surface area (TPSA) is 125 Å². The number of hydrogen-bond acceptors (Lipinski definition) is 6. The molecule has 1 saturated carbocycles. The molecule has 1 aliphatic carbocycles. The van der Waals surface area contributed by atoms with Gasteiger partial charge in [0.05, 0.1) is 35.6 Å². The third-order valence-corrected chi connectivity index (χ3v) is 9.65. The number of benzene rings is 5. The SMILES string of the molecule is CNc1ccc2cc(-c3ccc4c(ccc5[nH]c([C@@H]6C[C@H]7C[C@H]7N6C(=O)[C@H](NC(=O)OC)c6ccccc6)nc54)c3)ccc2c1N. The molecule has 5 N–H and O–H groups in total. The van der Waals surface area contributed by atoms with Gasteiger partial charge in [0, 0.05) is 23.9 Å². The van der Waals surface area contributed by atoms with Crippen LogP contribution < -0.4 is 16.4 Å². The normalized spacial score (nSPS) is 19.3. The van der Waals surface area contributed by atoms with Crippen molar-refractivity contribution in [2.24, 2.45) is 5.92 Å². The molecule has 0 spiro atoms. The van der Waals surface area contributed by atoms with E-state index in [4.69, 9.17) is 15.5 Å². The highest BCUT2D eigenvalue weighted by Gasteiger charge is 2.56. The molecule has 2 heterocycles. The molecular weight excluding hydrogens is 576 g/mol. The second kappa shape index (κ2) is 10.8. The molecule has 46 heavy (non-hydrogen) atoms. The van der Waals surface area contributed by atoms with E-state index in [1.54, 1.807) is 0 Å². The highest BCUT2D eigenvalue weighted by molar-refractivity contribution is 6.06. The molecule has 230 valence electrons. The number of ether oxygens (including phenoxy) is 1. The van der Waals surface area contributed by atoms with Crippen molar-refractivity contribution in [3.8, 4) is 11.1 Å². The van der Waals surface area contributed by atoms with Crippen LogP contribution in [0.5, 0.6) is 0 Å². The quantitative estimate of drug-likeness (QED) is 0.152. The van der Waals surface area contributed by atoms with Crippen LogP contribution in [0.1, 0.15) is 36.3 Å². The molecule has 5 aromatic carbocycles. The van der Waals surface area contributed by atoms with Crippen molar-refractivity contribution >= 4 is 56.0 Å². The molecule has 1 aromatic heterocycles. The van der Waals surface area contributed by atoms with Crippen LogP contribution in [0.25, 0.3) is 43.7 Å². The van der Waals surface area contributed by atoms with Crippen molar-refractivity contribution in [3.05, 3.63) is 102 Å². The van der Waals surface area contributed by atoms with E-state index in [-0.39, 0.29) is 18.0 Å². The number of carbonyl (C=O) groups excluding carboxylic acids is 2. The summed E-state index contributed by atoms with van der Waals surface area (Å²) in [5, 5.41) is 10.2. The summed E-state index contributed by atoms with van der Waals surface area (Å²) in [6, 6.07) is 29.5. The number of aromatic amines is 1. The molecule has 6 aromatic rings. The van der Waals surface area contributed by atoms with Crippen LogP contribution >= 0.6 is 0 Å². The van der Waals surface area contributed by atoms with E-state index in [2.05, 4.69) is 70.2 Å². The van der Waals surface area contributed by atoms with Crippen LogP contribution in [-0.4, -0.2) is 47.1 Å². The number of imidazole rings is 1. The zero-order valence-electron chi connectivity index (χ0n) is 25.6. The Kier molecular flexibility index (Phi) is 6.56. The van der Waals surface area contributed by atoms with Crippen molar-refractivity contribution in [2.45, 2.75) is 31.0 Å². The van der Waals surface area contributed by atoms with Gasteiger partial charge in [0.25, 0.3) is 5.91 Å². The number of likely N-dealkylation sites (tertiary alicyclic amines) is 1. The summed E-state index contributed by atoms with van der Waals surface area (Å²) in [4.78, 5) is 37.0. The van der Waals surface area contributed by atoms with E-state index in [1.807, 2.05) is 48.3 Å². The average molecular weight is 611 g/mol. The summed E-state index contributed by atoms with van der Waals surface area (Å²) < 4.78 is 4.87. The number of carbonyl (C=O) groups is 2. The lowest BCUT2D eigenvalue weighted by Gasteiger charge is -2.30. The van der Waals surface area contributed by atoms with Gasteiger partial charge in [-0.05, 0) is 70.5 Å². The number of rotatable bonds is 6. The summed E-state index contributed by atoms with van der Waals surface area (Å²) in [6.45, 7) is 0. The molecule has 4 atom stereocenters. The molecule has 1 saturated heterocycles. The number of nitrogens with two attached hydrogens (primary N) is 1. The Labute approximate surface area is 265 Å². The Morgan fingerprint density at radius 3 is 2.39 bits per heavy atom. The van der Waals surface area contributed by atoms with Gasteiger partial charge in [-0.3, -0.25) is 4.79 Å². The van der Waals surface area contributed by atoms with Crippen molar-refractivity contribution < 1.29 is 14.3 Å². The molecule has 0 radical (unpaired) electrons. The number of piperidine rings is 1. The lowest BCUT2D eigenvalue weighted by molar-refractivity contribution is -0.135. The fourth-order valence-corrected chi connectivity index (χ4v) is 7.19. The van der Waals surface area contributed by atoms with Crippen LogP contribution in [0.15, 0.2) is 91.0 Å². The number of alkyl carbamates (subject to hydrolysis) is 1. The minimum absolute atomic E-state index is 0.137. The number of fused-ring (bicyclic) bond motifs is 5. The van der Waals surface area contributed by atoms with Gasteiger partial charge in [-0.2, -0.15) is 0 Å². The first-order valence-electron chi connectivity index (χ1n) is 15.6. The molecule has 0 bridgehead atoms. The summed E-state index contributed by atoms with van der Waals surface area (Å²) in [5.74, 6) is 1.05. The minimum atomic E-state index is -0.851. The number of nitrogens with zero attached hydrogens (tertiary/aromatic N) is 2. The van der Waals surface area contributed by atoms with Crippen LogP contribution in [0.4, 0.5) is 16.2 Å². The van der Waals surface area contributed by atoms with Crippen LogP contribution in [0, 0.1) is 5.92 Å². The molecular formula is C37H34N6O3. The molecule has 2 aliphatic rings. The highest BCUT2D eigenvalue weighted by atomic mass is 16.5. The van der Waals surface area contributed by atoms with Crippen LogP contribution in [0.3, 0.4) is 0 Å². The summed E-state index contributed by atoms with van der Waals surface area (Å²) in [6.07, 6.45) is 1.15. The van der Waals surface area contributed by atoms with Crippen molar-refractivity contribution in [3.63, 3.8) is 0 Å². The monoisotopic (exact) mass is 610 g/mol. The molecule has 2 amide bonds. The highest BCUT2D eigenvalue weighted by Crippen LogP contribution is 2.54. The minimum Gasteiger partial charge on any atom is -0.453 e. The van der Waals surface area contributed by atoms with E-state index >= 15 is 0 Å². The van der Waals surface area contributed by atoms with Crippen LogP contribution in [-0.2, 0) is 9.53 Å². The predicted octanol–water partition coefficient (Wildman–Crippen LogP) is 6.92. The Morgan fingerprint density at radius 1 is 0.935 bits per heavy atom. The molecule has 9 nitrogen and oxygen atoms in total. The Bertz CT molecular complexity index is 2160. The number of nitrogen functional groups attached to an aromatic ring is 1. The zero-order chi connectivity index (χ0) is 31.5. The predicted molar refractivity (Wildman–Crippen MR) is 181 cm³/mol. The maximum absolute atomic E-state index is 14.2. The van der Waals surface area contributed by atoms with E-state index in [0.29, 0.717) is 11.5 Å². The summed E-state index contributed by atoms with van der Waals surface area (Å²) in [7, 11) is 3.18. The smallest absolute Gasteiger partial charge is 0.407 e. The van der Waals surface area contributed by atoms with Gasteiger partial charge < -0.3 is 31.0 Å². The maximum atomic E-state index is 14.2. The van der Waals surface area contributed by atoms with Gasteiger partial charge >= 0.3 is 6.09 Å². The van der Waals surface area contributed by atoms with E-state index in [0.717, 1.165) is 73.7 Å². The summed E-state index contributed by atoms with van der Waals surface area (Å²) in [5.41, 5.74) is 12.8. The Balaban J connectivity index is 1.13. The number of aromatic nitrogens is 2. The fraction of sp³-hybridized carbons (Fsp3) is 0.216. The lowest BCUT2D eigenvalue weighted by Crippen LogP contribution is -2.44. The third-order valence-electron chi connectivity index (χ3n) is 9.65. The van der Waals surface area contributed by atoms with Gasteiger partial charge in [0.2, 0.25) is 0 Å². The first-order chi connectivity index (χ1) is 22.4. The van der Waals surface area contributed by atoms with Gasteiger partial charge in [-0.15, -0.1) is 0 Å². The second-order valence-corrected chi connectivity index (χ2v) is 12.3. The maximum Gasteiger partial charge on any atom is 0.407 e. The number of nitrogens with one attached hydrogen (secondary N) is 3. The summed E-state index contributed by atoms with van der Waals surface area (Å²) >= 11 is 0. The third kappa shape index (κ3) is 4.58. The first kappa shape index (κ1) is 27.9. The average Bonchev–Trinajstić information content (AvgIpc) is 3.53. The van der Waals surface area contributed by atoms with Gasteiger partial charge in [-0.1, -0.05) is 66.7 Å². The Morgan fingerprint density at radius 2 is 1.65 bits per heavy atom. The van der Waals surface area contributed by atoms with Crippen molar-refractivity contribution in [1.29, 1.82) is 0 Å². The lowest BCUT2D eigenvalue weighted by atomic mass is 9.97. The molecule has 0 unspecified atom stereocenters. The standard InChI is InChI=1S/C37H34N6O3/c1-39-28-14-10-23-16-21(8-12-26(23)32(28)38)22-9-13-27-24(17-22)11-15-29-34(27)41-35(40-29)31-19-25-18-30(25)43(31)36(44)33(42-37(45)46-2)20-6-4-3-5-7-20/h3-17,25,30-31,33,39H,18-19,38H2,1-2H3,(H,40,41)(H,42,45)/t25-,30-,31+,33-/m1/s1. The first-order valence-corrected chi connectivity index (χ1v) is 15.6. The van der Waals surface area contributed by atoms with E-state index < -0.39 is 12.1 Å². The van der Waals surface area contributed by atoms with Crippen molar-refractivity contribution in [2.75, 3.05) is 25.2 Å². The van der Waals surface area contributed by atoms with Crippen molar-refractivity contribution in [1.82, 2.24) is 20.2 Å². The number of methoxy groups -OCH3 is 1. The fourth-order valence-electron chi connectivity index (χ4n) is 7.19. The molecule has 2 fully saturated rings. The van der Waals surface area contributed by atoms with Crippen LogP contribution in [0.2, 0.25) is 0 Å². The molecule has 9 heteroatoms. The number of H-pyrrole nitrogens is 1. The van der Waals surface area contributed by atoms with E-state index in [1.165, 1.54) is 7.11 Å². The number of hydrogen-bond donors (Lipinski definition) is 4. The largest absolute Gasteiger partial charge is 0.453 e. The van der Waals surface area contributed by atoms with Gasteiger partial charge in [0.1, 0.15) is 11.9 Å². The zero-order valence-corrected chi connectivity index (χ0v) is 25.6. The van der Waals surface area contributed by atoms with E-state index in [9.17, 15) is 9.59 Å². The molecule has 8 rings (SSSR count). The van der Waals surface area contributed by atoms with Gasteiger partial charge in [0.15, 0.2) is 0 Å². The second-order valence-electron chi connectivity index (χ2n) is 12.3. The van der Waals surface area contributed by atoms with Gasteiger partial charge in [-0.25, -0.2) is 9.78 Å². The Hall–Kier alpha value is -5.57. The number of anilines is 2. The number of amides is 2.